The van der Waals surface area contributed by atoms with E-state index in [9.17, 15) is 0 Å². The fourth-order valence-corrected chi connectivity index (χ4v) is 1.26. The van der Waals surface area contributed by atoms with Gasteiger partial charge < -0.3 is 0 Å². The Balaban J connectivity index is 0.000000617. The number of halogens is 1. The van der Waals surface area contributed by atoms with Crippen molar-refractivity contribution in [3.63, 3.8) is 0 Å². The number of rotatable bonds is 1. The molecule has 3 heteroatoms. The lowest BCUT2D eigenvalue weighted by Crippen LogP contribution is -1.73. The normalized spacial score (nSPS) is 8.13. The van der Waals surface area contributed by atoms with E-state index < -0.39 is 0 Å². The zero-order valence-corrected chi connectivity index (χ0v) is 9.64. The fourth-order valence-electron chi connectivity index (χ4n) is 1.26. The summed E-state index contributed by atoms with van der Waals surface area (Å²) in [5.41, 5.74) is 2.55. The van der Waals surface area contributed by atoms with Crippen molar-refractivity contribution in [2.45, 2.75) is 0 Å². The van der Waals surface area contributed by atoms with Gasteiger partial charge in [0.15, 0.2) is 0 Å². The van der Waals surface area contributed by atoms with Crippen LogP contribution in [0.3, 0.4) is 0 Å². The van der Waals surface area contributed by atoms with Crippen molar-refractivity contribution in [2.75, 3.05) is 0 Å². The molecule has 2 rings (SSSR count). The van der Waals surface area contributed by atoms with Crippen LogP contribution in [0.1, 0.15) is 0 Å². The van der Waals surface area contributed by atoms with Crippen LogP contribution < -0.4 is 0 Å². The van der Waals surface area contributed by atoms with Gasteiger partial charge in [-0.1, -0.05) is 60.7 Å². The number of hydrogen-bond donors (Lipinski definition) is 0. The van der Waals surface area contributed by atoms with Crippen molar-refractivity contribution in [3.05, 3.63) is 60.7 Å². The minimum atomic E-state index is 0. The molecule has 0 amide bonds. The van der Waals surface area contributed by atoms with Gasteiger partial charge in [-0.05, 0) is 19.7 Å². The molecule has 0 aliphatic rings. The van der Waals surface area contributed by atoms with Gasteiger partial charge in [-0.15, -0.1) is 11.2 Å². The lowest BCUT2D eigenvalue weighted by Gasteiger charge is -1.98. The molecule has 0 aliphatic heterocycles. The highest BCUT2D eigenvalue weighted by atomic mass is 35.7. The molecule has 0 saturated carbocycles. The molecule has 0 nitrogen and oxygen atoms in total. The first-order valence-electron chi connectivity index (χ1n) is 4.29. The molecule has 1 unspecified atom stereocenters. The molecule has 0 heterocycles. The van der Waals surface area contributed by atoms with Crippen molar-refractivity contribution in [2.24, 2.45) is 0 Å². The van der Waals surface area contributed by atoms with Gasteiger partial charge in [-0.25, -0.2) is 0 Å². The minimum absolute atomic E-state index is 0. The van der Waals surface area contributed by atoms with Crippen LogP contribution in [0.25, 0.3) is 11.1 Å². The second-order valence-corrected chi connectivity index (χ2v) is 2.73. The lowest BCUT2D eigenvalue weighted by molar-refractivity contribution is 1.62. The Morgan fingerprint density at radius 1 is 0.600 bits per heavy atom. The van der Waals surface area contributed by atoms with Gasteiger partial charge in [-0.3, -0.25) is 0 Å². The van der Waals surface area contributed by atoms with Crippen molar-refractivity contribution in [3.8, 4) is 11.1 Å². The molecule has 0 N–H and O–H groups in total. The molecule has 2 aromatic carbocycles. The highest BCUT2D eigenvalue weighted by Crippen LogP contribution is 2.17. The Morgan fingerprint density at radius 2 is 0.867 bits per heavy atom. The summed E-state index contributed by atoms with van der Waals surface area (Å²) in [7, 11) is 1.89. The Kier molecular flexibility index (Phi) is 9.13. The van der Waals surface area contributed by atoms with E-state index in [1.165, 1.54) is 11.1 Å². The van der Waals surface area contributed by atoms with Crippen molar-refractivity contribution in [1.82, 2.24) is 0 Å². The Hall–Kier alpha value is -0.0738. The second-order valence-electron chi connectivity index (χ2n) is 2.73. The van der Waals surface area contributed by atoms with Crippen LogP contribution in [0.4, 0.5) is 0 Å². The number of hydrogen-bond acceptors (Lipinski definition) is 0. The summed E-state index contributed by atoms with van der Waals surface area (Å²) in [5.74, 6) is 0. The van der Waals surface area contributed by atoms with E-state index in [1.807, 2.05) is 20.7 Å². The van der Waals surface area contributed by atoms with Gasteiger partial charge in [0.25, 0.3) is 0 Å². The fraction of sp³-hybridized carbons (Fsp3) is 0. The van der Waals surface area contributed by atoms with Gasteiger partial charge in [0.05, 0.1) is 0 Å². The first-order chi connectivity index (χ1) is 6.97. The highest BCUT2D eigenvalue weighted by molar-refractivity contribution is 7.52. The summed E-state index contributed by atoms with van der Waals surface area (Å²) in [6.45, 7) is 0. The van der Waals surface area contributed by atoms with Crippen LogP contribution >= 0.6 is 19.8 Å². The third kappa shape index (κ3) is 4.99. The molecule has 0 fully saturated rings. The average Bonchev–Trinajstić information content (AvgIpc) is 2.34. The van der Waals surface area contributed by atoms with E-state index in [0.29, 0.717) is 0 Å². The molecule has 0 saturated heterocycles. The van der Waals surface area contributed by atoms with Crippen molar-refractivity contribution in [1.29, 1.82) is 0 Å². The van der Waals surface area contributed by atoms with Gasteiger partial charge in [0.1, 0.15) is 0 Å². The van der Waals surface area contributed by atoms with E-state index in [0.717, 1.165) is 0 Å². The van der Waals surface area contributed by atoms with Crippen LogP contribution in [0.15, 0.2) is 60.7 Å². The van der Waals surface area contributed by atoms with E-state index in [1.54, 1.807) is 0 Å². The lowest BCUT2D eigenvalue weighted by atomic mass is 10.1. The Morgan fingerprint density at radius 3 is 1.13 bits per heavy atom. The summed E-state index contributed by atoms with van der Waals surface area (Å²) < 4.78 is 0. The molecule has 0 aromatic heterocycles. The van der Waals surface area contributed by atoms with Crippen molar-refractivity contribution < 1.29 is 0 Å². The molecular weight excluding hydrogens is 235 g/mol. The van der Waals surface area contributed by atoms with E-state index >= 15 is 0 Å². The molecule has 0 aliphatic carbocycles. The Bertz CT molecular complexity index is 313. The quantitative estimate of drug-likeness (QED) is 0.536. The third-order valence-electron chi connectivity index (χ3n) is 1.88. The minimum Gasteiger partial charge on any atom is -0.104 e. The van der Waals surface area contributed by atoms with Crippen molar-refractivity contribution >= 4 is 42.9 Å². The average molecular weight is 249 g/mol. The van der Waals surface area contributed by atoms with Crippen LogP contribution in [0.5, 0.6) is 0 Å². The monoisotopic (exact) mass is 248 g/mol. The van der Waals surface area contributed by atoms with Crippen LogP contribution in [0.2, 0.25) is 0 Å². The maximum atomic E-state index is 4.56. The maximum absolute atomic E-state index is 4.56. The highest BCUT2D eigenvalue weighted by Gasteiger charge is 1.91. The van der Waals surface area contributed by atoms with Gasteiger partial charge >= 0.3 is 23.1 Å². The molecule has 0 radical (unpaired) electrons. The summed E-state index contributed by atoms with van der Waals surface area (Å²) in [4.78, 5) is 0. The molecule has 2 aromatic rings. The molecule has 1 atom stereocenters. The summed E-state index contributed by atoms with van der Waals surface area (Å²) in [6, 6.07) is 20.8. The third-order valence-corrected chi connectivity index (χ3v) is 1.88. The standard InChI is InChI=1S/C12H10.ClH2P.Mg.2H/c1-3-7-11(8-4-1)12-9-5-2-6-10-12;1-2;;;/h1-10H;2H2;;;. The summed E-state index contributed by atoms with van der Waals surface area (Å²) >= 11 is 4.56. The molecule has 0 spiro atoms. The largest absolute Gasteiger partial charge is 0.316 e. The topological polar surface area (TPSA) is 0 Å². The first-order valence-corrected chi connectivity index (χ1v) is 6.04. The smallest absolute Gasteiger partial charge is 0.104 e. The zero-order valence-electron chi connectivity index (χ0n) is 7.73. The SMILES string of the molecule is PCl.[MgH2].c1ccc(-c2ccccc2)cc1. The van der Waals surface area contributed by atoms with E-state index in [2.05, 4.69) is 59.8 Å². The Labute approximate surface area is 114 Å². The second kappa shape index (κ2) is 9.17. The van der Waals surface area contributed by atoms with Crippen LogP contribution in [0, 0.1) is 0 Å². The van der Waals surface area contributed by atoms with Crippen LogP contribution in [-0.2, 0) is 0 Å². The van der Waals surface area contributed by atoms with E-state index in [4.69, 9.17) is 0 Å². The van der Waals surface area contributed by atoms with Gasteiger partial charge in [-0.2, -0.15) is 0 Å². The number of benzene rings is 2. The molecule has 15 heavy (non-hydrogen) atoms. The van der Waals surface area contributed by atoms with E-state index in [-0.39, 0.29) is 23.1 Å². The molecular formula is C12H14ClMgP. The maximum Gasteiger partial charge on any atom is 0.316 e. The molecule has 76 valence electrons. The predicted molar refractivity (Wildman–Crippen MR) is 76.0 cm³/mol. The zero-order chi connectivity index (χ0) is 10.2. The van der Waals surface area contributed by atoms with Gasteiger partial charge in [0, 0.05) is 0 Å². The summed E-state index contributed by atoms with van der Waals surface area (Å²) in [5, 5.41) is 0. The summed E-state index contributed by atoms with van der Waals surface area (Å²) in [6.07, 6.45) is 0. The van der Waals surface area contributed by atoms with Crippen LogP contribution in [-0.4, -0.2) is 23.1 Å². The predicted octanol–water partition coefficient (Wildman–Crippen LogP) is 3.45. The molecule has 0 bridgehead atoms. The first kappa shape index (κ1) is 14.9. The van der Waals surface area contributed by atoms with Gasteiger partial charge in [0.2, 0.25) is 0 Å².